The van der Waals surface area contributed by atoms with Gasteiger partial charge < -0.3 is 5.73 Å². The van der Waals surface area contributed by atoms with Gasteiger partial charge in [-0.25, -0.2) is 8.42 Å². The Hall–Kier alpha value is -0.210. The molecule has 1 aromatic rings. The zero-order valence-corrected chi connectivity index (χ0v) is 13.7. The van der Waals surface area contributed by atoms with E-state index in [9.17, 15) is 8.42 Å². The van der Waals surface area contributed by atoms with Crippen molar-refractivity contribution in [2.75, 3.05) is 0 Å². The molecule has 0 saturated carbocycles. The third-order valence-electron chi connectivity index (χ3n) is 2.19. The quantitative estimate of drug-likeness (QED) is 0.797. The molecule has 0 heterocycles. The van der Waals surface area contributed by atoms with Gasteiger partial charge in [0.25, 0.3) is 0 Å². The van der Waals surface area contributed by atoms with Crippen LogP contribution >= 0.6 is 39.7 Å². The Labute approximate surface area is 125 Å². The minimum atomic E-state index is -3.78. The SMILES string of the molecule is CC(C)(NS(=O)(=O)c1ccc(Br)cc1Cl)C(N)=S. The Morgan fingerprint density at radius 1 is 1.50 bits per heavy atom. The van der Waals surface area contributed by atoms with E-state index in [0.29, 0.717) is 4.47 Å². The smallest absolute Gasteiger partial charge is 0.242 e. The maximum Gasteiger partial charge on any atom is 0.242 e. The molecule has 0 aliphatic carbocycles. The molecular weight excluding hydrogens is 360 g/mol. The van der Waals surface area contributed by atoms with E-state index >= 15 is 0 Å². The molecule has 100 valence electrons. The van der Waals surface area contributed by atoms with E-state index in [-0.39, 0.29) is 14.9 Å². The number of hydrogen-bond donors (Lipinski definition) is 2. The van der Waals surface area contributed by atoms with Gasteiger partial charge in [0.2, 0.25) is 10.0 Å². The van der Waals surface area contributed by atoms with Crippen LogP contribution in [0.15, 0.2) is 27.6 Å². The molecule has 0 saturated heterocycles. The van der Waals surface area contributed by atoms with E-state index in [1.165, 1.54) is 12.1 Å². The second kappa shape index (κ2) is 5.42. The van der Waals surface area contributed by atoms with Crippen LogP contribution in [-0.4, -0.2) is 18.9 Å². The molecule has 1 rings (SSSR count). The fourth-order valence-electron chi connectivity index (χ4n) is 1.13. The molecule has 0 aromatic heterocycles. The first-order chi connectivity index (χ1) is 8.06. The summed E-state index contributed by atoms with van der Waals surface area (Å²) in [6.07, 6.45) is 0. The molecule has 4 nitrogen and oxygen atoms in total. The van der Waals surface area contributed by atoms with Gasteiger partial charge in [-0.15, -0.1) is 0 Å². The molecule has 0 fully saturated rings. The fourth-order valence-corrected chi connectivity index (χ4v) is 3.68. The van der Waals surface area contributed by atoms with E-state index < -0.39 is 15.6 Å². The molecule has 0 bridgehead atoms. The molecule has 3 N–H and O–H groups in total. The van der Waals surface area contributed by atoms with Crippen LogP contribution in [0.1, 0.15) is 13.8 Å². The third kappa shape index (κ3) is 3.64. The summed E-state index contributed by atoms with van der Waals surface area (Å²) in [7, 11) is -3.78. The maximum atomic E-state index is 12.2. The molecule has 8 heteroatoms. The monoisotopic (exact) mass is 370 g/mol. The standard InChI is InChI=1S/C10H12BrClN2O2S2/c1-10(2,9(13)17)14-18(15,16)8-4-3-6(11)5-7(8)12/h3-5,14H,1-2H3,(H2,13,17). The van der Waals surface area contributed by atoms with Crippen molar-refractivity contribution < 1.29 is 8.42 Å². The number of thiocarbonyl (C=S) groups is 1. The van der Waals surface area contributed by atoms with Crippen LogP contribution in [0, 0.1) is 0 Å². The van der Waals surface area contributed by atoms with Crippen molar-refractivity contribution in [1.82, 2.24) is 4.72 Å². The first-order valence-corrected chi connectivity index (χ1v) is 7.91. The molecule has 0 atom stereocenters. The van der Waals surface area contributed by atoms with Gasteiger partial charge in [0, 0.05) is 4.47 Å². The molecule has 18 heavy (non-hydrogen) atoms. The topological polar surface area (TPSA) is 72.2 Å². The summed E-state index contributed by atoms with van der Waals surface area (Å²) in [6.45, 7) is 3.17. The summed E-state index contributed by atoms with van der Waals surface area (Å²) in [5, 5.41) is 0.121. The maximum absolute atomic E-state index is 12.2. The predicted molar refractivity (Wildman–Crippen MR) is 80.3 cm³/mol. The Morgan fingerprint density at radius 2 is 2.06 bits per heavy atom. The van der Waals surface area contributed by atoms with Crippen molar-refractivity contribution in [3.63, 3.8) is 0 Å². The second-order valence-electron chi connectivity index (χ2n) is 4.17. The van der Waals surface area contributed by atoms with Crippen molar-refractivity contribution in [1.29, 1.82) is 0 Å². The third-order valence-corrected chi connectivity index (χ3v) is 5.33. The van der Waals surface area contributed by atoms with Crippen LogP contribution in [0.3, 0.4) is 0 Å². The zero-order chi connectivity index (χ0) is 14.1. The summed E-state index contributed by atoms with van der Waals surface area (Å²) in [5.74, 6) is 0. The Balaban J connectivity index is 3.19. The van der Waals surface area contributed by atoms with Gasteiger partial charge in [0.15, 0.2) is 0 Å². The summed E-state index contributed by atoms with van der Waals surface area (Å²) in [5.41, 5.74) is 4.46. The van der Waals surface area contributed by atoms with Gasteiger partial charge in [-0.3, -0.25) is 0 Å². The Bertz CT molecular complexity index is 588. The van der Waals surface area contributed by atoms with Crippen LogP contribution in [0.5, 0.6) is 0 Å². The average molecular weight is 372 g/mol. The molecule has 0 aliphatic rings. The molecular formula is C10H12BrClN2O2S2. The highest BCUT2D eigenvalue weighted by Crippen LogP contribution is 2.26. The van der Waals surface area contributed by atoms with Gasteiger partial charge in [-0.1, -0.05) is 39.7 Å². The minimum absolute atomic E-state index is 0.0170. The lowest BCUT2D eigenvalue weighted by Crippen LogP contribution is -2.51. The van der Waals surface area contributed by atoms with E-state index in [4.69, 9.17) is 29.6 Å². The minimum Gasteiger partial charge on any atom is -0.392 e. The number of rotatable bonds is 4. The average Bonchev–Trinajstić information content (AvgIpc) is 2.14. The molecule has 0 amide bonds. The molecule has 0 unspecified atom stereocenters. The van der Waals surface area contributed by atoms with Crippen molar-refractivity contribution in [3.05, 3.63) is 27.7 Å². The van der Waals surface area contributed by atoms with Crippen LogP contribution < -0.4 is 10.5 Å². The van der Waals surface area contributed by atoms with Gasteiger partial charge in [0.1, 0.15) is 4.90 Å². The lowest BCUT2D eigenvalue weighted by Gasteiger charge is -2.24. The van der Waals surface area contributed by atoms with Gasteiger partial charge in [0.05, 0.1) is 15.6 Å². The summed E-state index contributed by atoms with van der Waals surface area (Å²) in [4.78, 5) is 0.0380. The van der Waals surface area contributed by atoms with Crippen LogP contribution in [-0.2, 0) is 10.0 Å². The molecule has 0 spiro atoms. The molecule has 0 radical (unpaired) electrons. The first-order valence-electron chi connectivity index (χ1n) is 4.85. The number of sulfonamides is 1. The first kappa shape index (κ1) is 15.8. The number of hydrogen-bond acceptors (Lipinski definition) is 3. The van der Waals surface area contributed by atoms with Crippen molar-refractivity contribution >= 4 is 54.8 Å². The normalized spacial score (nSPS) is 12.4. The van der Waals surface area contributed by atoms with E-state index in [0.717, 1.165) is 0 Å². The van der Waals surface area contributed by atoms with Crippen molar-refractivity contribution in [2.45, 2.75) is 24.3 Å². The number of halogens is 2. The van der Waals surface area contributed by atoms with Crippen LogP contribution in [0.4, 0.5) is 0 Å². The Kier molecular flexibility index (Phi) is 4.77. The highest BCUT2D eigenvalue weighted by Gasteiger charge is 2.29. The van der Waals surface area contributed by atoms with E-state index in [1.54, 1.807) is 19.9 Å². The fraction of sp³-hybridized carbons (Fsp3) is 0.300. The predicted octanol–water partition coefficient (Wildman–Crippen LogP) is 2.45. The summed E-state index contributed by atoms with van der Waals surface area (Å²) >= 11 is 13.9. The highest BCUT2D eigenvalue weighted by atomic mass is 79.9. The Morgan fingerprint density at radius 3 is 2.50 bits per heavy atom. The van der Waals surface area contributed by atoms with E-state index in [2.05, 4.69) is 20.7 Å². The van der Waals surface area contributed by atoms with Crippen LogP contribution in [0.2, 0.25) is 5.02 Å². The number of benzene rings is 1. The summed E-state index contributed by atoms with van der Waals surface area (Å²) in [6, 6.07) is 4.50. The number of nitrogens with two attached hydrogens (primary N) is 1. The van der Waals surface area contributed by atoms with Crippen molar-refractivity contribution in [2.24, 2.45) is 5.73 Å². The number of nitrogens with one attached hydrogen (secondary N) is 1. The lowest BCUT2D eigenvalue weighted by atomic mass is 10.1. The van der Waals surface area contributed by atoms with Crippen molar-refractivity contribution in [3.8, 4) is 0 Å². The summed E-state index contributed by atoms with van der Waals surface area (Å²) < 4.78 is 27.4. The largest absolute Gasteiger partial charge is 0.392 e. The molecule has 0 aliphatic heterocycles. The van der Waals surface area contributed by atoms with Gasteiger partial charge in [-0.05, 0) is 32.0 Å². The zero-order valence-electron chi connectivity index (χ0n) is 9.70. The second-order valence-corrected chi connectivity index (χ2v) is 7.58. The highest BCUT2D eigenvalue weighted by molar-refractivity contribution is 9.10. The van der Waals surface area contributed by atoms with Crippen LogP contribution in [0.25, 0.3) is 0 Å². The lowest BCUT2D eigenvalue weighted by molar-refractivity contribution is 0.546. The van der Waals surface area contributed by atoms with Gasteiger partial charge in [-0.2, -0.15) is 4.72 Å². The molecule has 1 aromatic carbocycles. The van der Waals surface area contributed by atoms with Gasteiger partial charge >= 0.3 is 0 Å². The van der Waals surface area contributed by atoms with E-state index in [1.807, 2.05) is 0 Å².